The van der Waals surface area contributed by atoms with Gasteiger partial charge in [-0.25, -0.2) is 0 Å². The Morgan fingerprint density at radius 2 is 2.30 bits per heavy atom. The van der Waals surface area contributed by atoms with Gasteiger partial charge in [-0.15, -0.1) is 10.2 Å². The van der Waals surface area contributed by atoms with Crippen LogP contribution in [0, 0.1) is 12.8 Å². The topological polar surface area (TPSA) is 77.7 Å². The molecule has 2 aliphatic rings. The molecule has 1 aromatic heterocycles. The van der Waals surface area contributed by atoms with E-state index >= 15 is 0 Å². The minimum Gasteiger partial charge on any atom is -0.426 e. The molecule has 0 N–H and O–H groups in total. The molecule has 0 radical (unpaired) electrons. The Kier molecular flexibility index (Phi) is 3.71. The second-order valence-corrected chi connectivity index (χ2v) is 5.44. The van der Waals surface area contributed by atoms with Gasteiger partial charge in [0.15, 0.2) is 0 Å². The first-order chi connectivity index (χ1) is 9.65. The lowest BCUT2D eigenvalue weighted by atomic mass is 10.0. The predicted octanol–water partition coefficient (Wildman–Crippen LogP) is 0.183. The van der Waals surface area contributed by atoms with Crippen molar-refractivity contribution in [3.8, 4) is 0 Å². The molecule has 2 saturated heterocycles. The Morgan fingerprint density at radius 1 is 1.45 bits per heavy atom. The van der Waals surface area contributed by atoms with Gasteiger partial charge in [-0.05, 0) is 6.42 Å². The molecule has 0 spiro atoms. The van der Waals surface area contributed by atoms with Crippen molar-refractivity contribution in [2.45, 2.75) is 32.0 Å². The van der Waals surface area contributed by atoms with Crippen molar-refractivity contribution in [3.63, 3.8) is 0 Å². The van der Waals surface area contributed by atoms with Crippen molar-refractivity contribution < 1.29 is 18.7 Å². The lowest BCUT2D eigenvalue weighted by molar-refractivity contribution is -0.135. The maximum atomic E-state index is 11.8. The van der Waals surface area contributed by atoms with E-state index in [-0.39, 0.29) is 24.7 Å². The molecular formula is C13H19N3O4. The normalized spacial score (nSPS) is 28.9. The molecule has 110 valence electrons. The van der Waals surface area contributed by atoms with E-state index in [9.17, 15) is 4.79 Å². The molecule has 1 aromatic rings. The third kappa shape index (κ3) is 2.69. The number of ether oxygens (including phenoxy) is 2. The largest absolute Gasteiger partial charge is 0.426 e. The summed E-state index contributed by atoms with van der Waals surface area (Å²) in [6, 6.07) is 0. The highest BCUT2D eigenvalue weighted by Gasteiger charge is 2.43. The van der Waals surface area contributed by atoms with Crippen LogP contribution in [0.1, 0.15) is 18.2 Å². The van der Waals surface area contributed by atoms with Crippen LogP contribution in [0.3, 0.4) is 0 Å². The predicted molar refractivity (Wildman–Crippen MR) is 68.0 cm³/mol. The summed E-state index contributed by atoms with van der Waals surface area (Å²) in [6.45, 7) is 3.34. The molecule has 2 aliphatic heterocycles. The number of carbonyl (C=O) groups excluding carboxylic acids is 1. The molecule has 20 heavy (non-hydrogen) atoms. The lowest BCUT2D eigenvalue weighted by Gasteiger charge is -2.18. The Morgan fingerprint density at radius 3 is 2.95 bits per heavy atom. The molecule has 7 nitrogen and oxygen atoms in total. The van der Waals surface area contributed by atoms with Crippen LogP contribution in [0.15, 0.2) is 4.42 Å². The SMILES string of the molecule is COCC(=O)N1C[C@@H]2C[C@H](Cc3nnc(C)o3)O[C@@H]2C1. The second kappa shape index (κ2) is 5.49. The quantitative estimate of drug-likeness (QED) is 0.783. The summed E-state index contributed by atoms with van der Waals surface area (Å²) in [5.74, 6) is 1.65. The van der Waals surface area contributed by atoms with Crippen LogP contribution in [-0.4, -0.2) is 60.0 Å². The first-order valence-electron chi connectivity index (χ1n) is 6.87. The highest BCUT2D eigenvalue weighted by Crippen LogP contribution is 2.34. The summed E-state index contributed by atoms with van der Waals surface area (Å²) in [6.07, 6.45) is 1.83. The number of aryl methyl sites for hydroxylation is 1. The fraction of sp³-hybridized carbons (Fsp3) is 0.769. The van der Waals surface area contributed by atoms with Crippen molar-refractivity contribution in [3.05, 3.63) is 11.8 Å². The van der Waals surface area contributed by atoms with E-state index in [0.717, 1.165) is 13.0 Å². The number of methoxy groups -OCH3 is 1. The number of amides is 1. The van der Waals surface area contributed by atoms with E-state index in [1.807, 2.05) is 4.90 Å². The number of aromatic nitrogens is 2. The van der Waals surface area contributed by atoms with Crippen LogP contribution in [0.2, 0.25) is 0 Å². The van der Waals surface area contributed by atoms with Gasteiger partial charge < -0.3 is 18.8 Å². The Balaban J connectivity index is 1.52. The Hall–Kier alpha value is -1.47. The van der Waals surface area contributed by atoms with E-state index in [2.05, 4.69) is 10.2 Å². The van der Waals surface area contributed by atoms with Gasteiger partial charge in [0.2, 0.25) is 17.7 Å². The number of hydrogen-bond acceptors (Lipinski definition) is 6. The molecule has 3 heterocycles. The molecule has 3 rings (SSSR count). The zero-order valence-corrected chi connectivity index (χ0v) is 11.7. The van der Waals surface area contributed by atoms with Crippen molar-refractivity contribution in [2.24, 2.45) is 5.92 Å². The fourth-order valence-corrected chi connectivity index (χ4v) is 3.03. The van der Waals surface area contributed by atoms with Crippen LogP contribution in [0.25, 0.3) is 0 Å². The number of rotatable bonds is 4. The molecule has 1 amide bonds. The summed E-state index contributed by atoms with van der Waals surface area (Å²) in [7, 11) is 1.54. The summed E-state index contributed by atoms with van der Waals surface area (Å²) < 4.78 is 16.3. The molecular weight excluding hydrogens is 262 g/mol. The van der Waals surface area contributed by atoms with E-state index in [1.54, 1.807) is 6.92 Å². The van der Waals surface area contributed by atoms with Crippen LogP contribution >= 0.6 is 0 Å². The average Bonchev–Trinajstić information content (AvgIpc) is 3.04. The van der Waals surface area contributed by atoms with Crippen LogP contribution in [-0.2, 0) is 20.7 Å². The maximum absolute atomic E-state index is 11.8. The van der Waals surface area contributed by atoms with Gasteiger partial charge in [-0.1, -0.05) is 0 Å². The third-order valence-corrected chi connectivity index (χ3v) is 3.90. The molecule has 3 atom stereocenters. The third-order valence-electron chi connectivity index (χ3n) is 3.90. The van der Waals surface area contributed by atoms with Crippen LogP contribution in [0.4, 0.5) is 0 Å². The minimum atomic E-state index is 0.0366. The van der Waals surface area contributed by atoms with Crippen LogP contribution in [0.5, 0.6) is 0 Å². The Labute approximate surface area is 117 Å². The van der Waals surface area contributed by atoms with Crippen molar-refractivity contribution in [1.29, 1.82) is 0 Å². The standard InChI is InChI=1S/C13H19N3O4/c1-8-14-15-12(19-8)4-10-3-9-5-16(6-11(9)20-10)13(17)7-18-2/h9-11H,3-7H2,1-2H3/t9-,10+,11+/m0/s1. The maximum Gasteiger partial charge on any atom is 0.248 e. The summed E-state index contributed by atoms with van der Waals surface area (Å²) in [4.78, 5) is 13.6. The highest BCUT2D eigenvalue weighted by molar-refractivity contribution is 5.77. The molecule has 7 heteroatoms. The average molecular weight is 281 g/mol. The van der Waals surface area contributed by atoms with Crippen LogP contribution < -0.4 is 0 Å². The number of fused-ring (bicyclic) bond motifs is 1. The van der Waals surface area contributed by atoms with Gasteiger partial charge in [0, 0.05) is 33.0 Å². The van der Waals surface area contributed by atoms with Crippen molar-refractivity contribution in [2.75, 3.05) is 26.8 Å². The summed E-state index contributed by atoms with van der Waals surface area (Å²) in [5, 5.41) is 7.81. The first kappa shape index (κ1) is 13.5. The number of hydrogen-bond donors (Lipinski definition) is 0. The van der Waals surface area contributed by atoms with E-state index in [1.165, 1.54) is 7.11 Å². The van der Waals surface area contributed by atoms with Gasteiger partial charge in [-0.2, -0.15) is 0 Å². The zero-order valence-electron chi connectivity index (χ0n) is 11.7. The first-order valence-corrected chi connectivity index (χ1v) is 6.87. The Bertz CT molecular complexity index is 476. The van der Waals surface area contributed by atoms with Gasteiger partial charge in [0.05, 0.1) is 18.6 Å². The molecule has 0 bridgehead atoms. The van der Waals surface area contributed by atoms with Gasteiger partial charge >= 0.3 is 0 Å². The molecule has 0 saturated carbocycles. The van der Waals surface area contributed by atoms with Gasteiger partial charge in [0.1, 0.15) is 6.61 Å². The van der Waals surface area contributed by atoms with E-state index in [0.29, 0.717) is 30.7 Å². The molecule has 0 unspecified atom stereocenters. The molecule has 2 fully saturated rings. The molecule has 0 aromatic carbocycles. The number of likely N-dealkylation sites (tertiary alicyclic amines) is 1. The summed E-state index contributed by atoms with van der Waals surface area (Å²) in [5.41, 5.74) is 0. The van der Waals surface area contributed by atoms with E-state index in [4.69, 9.17) is 13.9 Å². The highest BCUT2D eigenvalue weighted by atomic mass is 16.5. The fourth-order valence-electron chi connectivity index (χ4n) is 3.03. The van der Waals surface area contributed by atoms with Crippen molar-refractivity contribution >= 4 is 5.91 Å². The van der Waals surface area contributed by atoms with Gasteiger partial charge in [0.25, 0.3) is 0 Å². The second-order valence-electron chi connectivity index (χ2n) is 5.44. The van der Waals surface area contributed by atoms with Gasteiger partial charge in [-0.3, -0.25) is 4.79 Å². The lowest BCUT2D eigenvalue weighted by Crippen LogP contribution is -2.34. The monoisotopic (exact) mass is 281 g/mol. The smallest absolute Gasteiger partial charge is 0.248 e. The summed E-state index contributed by atoms with van der Waals surface area (Å²) >= 11 is 0. The minimum absolute atomic E-state index is 0.0366. The molecule has 0 aliphatic carbocycles. The number of carbonyl (C=O) groups is 1. The van der Waals surface area contributed by atoms with E-state index < -0.39 is 0 Å². The number of nitrogens with zero attached hydrogens (tertiary/aromatic N) is 3. The van der Waals surface area contributed by atoms with Crippen molar-refractivity contribution in [1.82, 2.24) is 15.1 Å². The zero-order chi connectivity index (χ0) is 14.1.